The zero-order valence-electron chi connectivity index (χ0n) is 49.8. The molecule has 0 bridgehead atoms. The van der Waals surface area contributed by atoms with Crippen LogP contribution in [0, 0.1) is 35.5 Å². The molecule has 4 rings (SSSR count). The minimum absolute atomic E-state index is 0.0881. The third-order valence-corrected chi connectivity index (χ3v) is 16.6. The van der Waals surface area contributed by atoms with Gasteiger partial charge in [0.05, 0.1) is 5.60 Å². The molecule has 3 aliphatic rings. The Bertz CT molecular complexity index is 2250. The van der Waals surface area contributed by atoms with Crippen LogP contribution in [0.5, 0.6) is 0 Å². The summed E-state index contributed by atoms with van der Waals surface area (Å²) in [6, 6.07) is -0.453. The van der Waals surface area contributed by atoms with Crippen LogP contribution in [0.15, 0.2) is 30.3 Å². The lowest BCUT2D eigenvalue weighted by molar-refractivity contribution is -0.177. The van der Waals surface area contributed by atoms with E-state index in [1.54, 1.807) is 41.7 Å². The first-order valence-corrected chi connectivity index (χ1v) is 28.7. The molecule has 0 spiro atoms. The third-order valence-electron chi connectivity index (χ3n) is 16.6. The SMILES string of the molecule is CC[C@H](C)[C@@H]1NC(=O)[C@@H]2CCCN2C(=O)[C@H](Cc2ccccc2)N(C)C(=O)C(C2CCCCC2)NC(=O)[C@H](C(C)C)N(C)C(=O)[C@@H]([C@@H](C)CC)OC(=O)[C@H](C(C)(C)O)N(C)C(=O)[C@H](CC(C)C)NC(=O)[C@H](C(C)C)N(C)C1=O. The molecule has 1 aromatic carbocycles. The van der Waals surface area contributed by atoms with Crippen molar-refractivity contribution in [2.75, 3.05) is 34.7 Å². The number of fused-ring (bicyclic) bond motifs is 1. The number of amides is 8. The van der Waals surface area contributed by atoms with Gasteiger partial charge in [-0.1, -0.05) is 125 Å². The normalized spacial score (nSPS) is 28.2. The summed E-state index contributed by atoms with van der Waals surface area (Å²) >= 11 is 0. The van der Waals surface area contributed by atoms with Crippen molar-refractivity contribution in [3.8, 4) is 0 Å². The fraction of sp³-hybridized carbons (Fsp3) is 0.746. The number of esters is 1. The van der Waals surface area contributed by atoms with Crippen molar-refractivity contribution in [2.24, 2.45) is 35.5 Å². The van der Waals surface area contributed by atoms with Crippen LogP contribution < -0.4 is 16.0 Å². The van der Waals surface area contributed by atoms with Gasteiger partial charge in [0.2, 0.25) is 41.4 Å². The molecule has 1 aliphatic carbocycles. The maximum atomic E-state index is 15.4. The molecule has 19 nitrogen and oxygen atoms in total. The highest BCUT2D eigenvalue weighted by atomic mass is 16.6. The second kappa shape index (κ2) is 28.5. The summed E-state index contributed by atoms with van der Waals surface area (Å²) in [5, 5.41) is 20.6. The molecule has 8 amide bonds. The Balaban J connectivity index is 1.97. The summed E-state index contributed by atoms with van der Waals surface area (Å²) < 4.78 is 6.11. The molecule has 2 saturated heterocycles. The highest BCUT2D eigenvalue weighted by molar-refractivity contribution is 5.99. The molecular formula is C59H96N8O11. The van der Waals surface area contributed by atoms with Crippen molar-refractivity contribution in [3.63, 3.8) is 0 Å². The van der Waals surface area contributed by atoms with E-state index in [4.69, 9.17) is 4.74 Å². The highest BCUT2D eigenvalue weighted by Crippen LogP contribution is 2.31. The van der Waals surface area contributed by atoms with Crippen molar-refractivity contribution in [2.45, 2.75) is 214 Å². The number of nitrogens with one attached hydrogen (secondary N) is 3. The van der Waals surface area contributed by atoms with Crippen LogP contribution in [0.3, 0.4) is 0 Å². The molecule has 1 aromatic rings. The van der Waals surface area contributed by atoms with E-state index in [0.717, 1.165) is 29.7 Å². The van der Waals surface area contributed by atoms with Crippen LogP contribution in [0.4, 0.5) is 0 Å². The smallest absolute Gasteiger partial charge is 0.332 e. The van der Waals surface area contributed by atoms with Crippen molar-refractivity contribution in [1.82, 2.24) is 40.4 Å². The number of carbonyl (C=O) groups excluding carboxylic acids is 9. The van der Waals surface area contributed by atoms with Crippen LogP contribution in [0.2, 0.25) is 0 Å². The van der Waals surface area contributed by atoms with Gasteiger partial charge in [0.15, 0.2) is 12.1 Å². The van der Waals surface area contributed by atoms with Gasteiger partial charge < -0.3 is 50.3 Å². The number of ether oxygens (including phenoxy) is 1. The Morgan fingerprint density at radius 3 is 1.69 bits per heavy atom. The number of hydrogen-bond donors (Lipinski definition) is 4. The molecule has 11 atom stereocenters. The van der Waals surface area contributed by atoms with Crippen molar-refractivity contribution in [1.29, 1.82) is 0 Å². The number of hydrogen-bond acceptors (Lipinski definition) is 11. The van der Waals surface area contributed by atoms with E-state index in [1.807, 2.05) is 65.0 Å². The maximum absolute atomic E-state index is 15.4. The Labute approximate surface area is 465 Å². The molecule has 2 heterocycles. The van der Waals surface area contributed by atoms with Gasteiger partial charge in [0.25, 0.3) is 5.91 Å². The van der Waals surface area contributed by atoms with Gasteiger partial charge in [-0.25, -0.2) is 4.79 Å². The lowest BCUT2D eigenvalue weighted by atomic mass is 9.82. The summed E-state index contributed by atoms with van der Waals surface area (Å²) in [5.74, 6) is -8.54. The minimum Gasteiger partial charge on any atom is -0.450 e. The van der Waals surface area contributed by atoms with Crippen molar-refractivity contribution < 1.29 is 53.0 Å². The topological polar surface area (TPSA) is 235 Å². The second-order valence-electron chi connectivity index (χ2n) is 24.3. The molecule has 0 aromatic heterocycles. The summed E-state index contributed by atoms with van der Waals surface area (Å²) in [7, 11) is 5.77. The average Bonchev–Trinajstić information content (AvgIpc) is 3.88. The molecule has 1 saturated carbocycles. The summed E-state index contributed by atoms with van der Waals surface area (Å²) in [6.45, 7) is 20.8. The third kappa shape index (κ3) is 15.8. The fourth-order valence-corrected chi connectivity index (χ4v) is 11.7. The predicted octanol–water partition coefficient (Wildman–Crippen LogP) is 4.71. The monoisotopic (exact) mass is 1090 g/mol. The minimum atomic E-state index is -1.96. The molecule has 78 heavy (non-hydrogen) atoms. The molecule has 2 aliphatic heterocycles. The number of likely N-dealkylation sites (N-methyl/N-ethyl adjacent to an activating group) is 4. The zero-order valence-corrected chi connectivity index (χ0v) is 49.8. The number of carbonyl (C=O) groups is 9. The second-order valence-corrected chi connectivity index (χ2v) is 24.3. The van der Waals surface area contributed by atoms with E-state index < -0.39 is 137 Å². The molecule has 19 heteroatoms. The number of benzene rings is 1. The van der Waals surface area contributed by atoms with E-state index in [0.29, 0.717) is 32.1 Å². The Morgan fingerprint density at radius 1 is 0.615 bits per heavy atom. The van der Waals surface area contributed by atoms with Gasteiger partial charge in [0.1, 0.15) is 42.3 Å². The van der Waals surface area contributed by atoms with Gasteiger partial charge in [-0.15, -0.1) is 0 Å². The number of aliphatic hydroxyl groups is 1. The van der Waals surface area contributed by atoms with E-state index in [-0.39, 0.29) is 37.6 Å². The van der Waals surface area contributed by atoms with E-state index in [2.05, 4.69) is 16.0 Å². The summed E-state index contributed by atoms with van der Waals surface area (Å²) in [5.41, 5.74) is -1.20. The Kier molecular flexibility index (Phi) is 23.7. The molecule has 1 unspecified atom stereocenters. The lowest BCUT2D eigenvalue weighted by Crippen LogP contribution is -2.63. The van der Waals surface area contributed by atoms with Crippen LogP contribution >= 0.6 is 0 Å². The Hall–Kier alpha value is -5.59. The largest absolute Gasteiger partial charge is 0.450 e. The van der Waals surface area contributed by atoms with E-state index >= 15 is 9.59 Å². The lowest BCUT2D eigenvalue weighted by Gasteiger charge is -2.40. The van der Waals surface area contributed by atoms with Crippen molar-refractivity contribution in [3.05, 3.63) is 35.9 Å². The quantitative estimate of drug-likeness (QED) is 0.209. The first-order valence-electron chi connectivity index (χ1n) is 28.7. The van der Waals surface area contributed by atoms with Gasteiger partial charge in [-0.2, -0.15) is 0 Å². The predicted molar refractivity (Wildman–Crippen MR) is 298 cm³/mol. The van der Waals surface area contributed by atoms with Gasteiger partial charge in [-0.3, -0.25) is 38.4 Å². The molecule has 4 N–H and O–H groups in total. The van der Waals surface area contributed by atoms with Crippen LogP contribution in [-0.2, 0) is 54.3 Å². The van der Waals surface area contributed by atoms with E-state index in [1.165, 1.54) is 54.6 Å². The number of cyclic esters (lactones) is 1. The standard InChI is InChI=1S/C59H96N8O11/c1-17-37(9)44-55(73)64(14)46(35(5)6)51(69)60-41(32-34(3)4)53(71)66(16)49(59(11,12)77)58(76)78-48(38(10)18-2)57(75)65(15)47(36(7)8)52(70)62-45(40-28-23-20-24-29-40)56(74)63(13)43(33-39-26-21-19-22-27-39)54(72)67-31-25-30-42(67)50(68)61-44/h19,21-22,26-27,34-38,40-49,77H,17-18,20,23-25,28-33H2,1-16H3,(H,60,69)(H,61,68)(H,62,70)/t37-,38-,41-,42-,43-,44-,45?,46-,47-,48+,49+/m0/s1. The Morgan fingerprint density at radius 2 is 1.17 bits per heavy atom. The molecule has 3 fully saturated rings. The van der Waals surface area contributed by atoms with Crippen LogP contribution in [0.25, 0.3) is 0 Å². The average molecular weight is 1090 g/mol. The van der Waals surface area contributed by atoms with Gasteiger partial charge in [-0.05, 0) is 87.5 Å². The number of rotatable bonds is 12. The van der Waals surface area contributed by atoms with Crippen LogP contribution in [-0.4, -0.2) is 178 Å². The first-order chi connectivity index (χ1) is 36.5. The van der Waals surface area contributed by atoms with Gasteiger partial charge in [0, 0.05) is 47.1 Å². The maximum Gasteiger partial charge on any atom is 0.332 e. The van der Waals surface area contributed by atoms with Crippen LogP contribution in [0.1, 0.15) is 153 Å². The van der Waals surface area contributed by atoms with Crippen molar-refractivity contribution >= 4 is 53.2 Å². The summed E-state index contributed by atoms with van der Waals surface area (Å²) in [6.07, 6.45) is 4.06. The molecule has 0 radical (unpaired) electrons. The van der Waals surface area contributed by atoms with E-state index in [9.17, 15) is 38.7 Å². The molecular weight excluding hydrogens is 997 g/mol. The zero-order chi connectivity index (χ0) is 58.7. The fourth-order valence-electron chi connectivity index (χ4n) is 11.7. The van der Waals surface area contributed by atoms with Gasteiger partial charge >= 0.3 is 5.97 Å². The summed E-state index contributed by atoms with van der Waals surface area (Å²) in [4.78, 5) is 141. The first kappa shape index (κ1) is 64.9. The number of nitrogens with zero attached hydrogens (tertiary/aromatic N) is 5. The highest BCUT2D eigenvalue weighted by Gasteiger charge is 2.48. The molecule has 438 valence electrons.